The summed E-state index contributed by atoms with van der Waals surface area (Å²) < 4.78 is 38.3. The predicted octanol–water partition coefficient (Wildman–Crippen LogP) is 4.07. The molecular formula is C29H32F2N2O4. The van der Waals surface area contributed by atoms with E-state index in [1.807, 2.05) is 30.3 Å². The number of benzene rings is 3. The molecule has 196 valence electrons. The summed E-state index contributed by atoms with van der Waals surface area (Å²) >= 11 is 0. The molecular weight excluding hydrogens is 478 g/mol. The Labute approximate surface area is 215 Å². The Hall–Kier alpha value is -3.49. The molecule has 0 aromatic heterocycles. The molecule has 37 heavy (non-hydrogen) atoms. The lowest BCUT2D eigenvalue weighted by Crippen LogP contribution is -2.48. The summed E-state index contributed by atoms with van der Waals surface area (Å²) in [4.78, 5) is 12.8. The zero-order chi connectivity index (χ0) is 26.2. The van der Waals surface area contributed by atoms with Crippen LogP contribution in [0.1, 0.15) is 35.6 Å². The quantitative estimate of drug-likeness (QED) is 0.342. The lowest BCUT2D eigenvalue weighted by Gasteiger charge is -2.25. The van der Waals surface area contributed by atoms with Crippen molar-refractivity contribution in [2.45, 2.75) is 51.3 Å². The van der Waals surface area contributed by atoms with Crippen LogP contribution in [0.4, 0.5) is 8.78 Å². The van der Waals surface area contributed by atoms with E-state index < -0.39 is 23.8 Å². The van der Waals surface area contributed by atoms with E-state index in [-0.39, 0.29) is 32.1 Å². The third kappa shape index (κ3) is 7.74. The van der Waals surface area contributed by atoms with Gasteiger partial charge in [-0.2, -0.15) is 0 Å². The average Bonchev–Trinajstić information content (AvgIpc) is 3.34. The van der Waals surface area contributed by atoms with Crippen LogP contribution in [-0.4, -0.2) is 36.5 Å². The van der Waals surface area contributed by atoms with Crippen LogP contribution in [0.5, 0.6) is 11.5 Å². The van der Waals surface area contributed by atoms with Crippen molar-refractivity contribution in [3.05, 3.63) is 94.6 Å². The van der Waals surface area contributed by atoms with E-state index in [0.717, 1.165) is 23.6 Å². The lowest BCUT2D eigenvalue weighted by atomic mass is 10.00. The first-order valence-corrected chi connectivity index (χ1v) is 12.5. The predicted molar refractivity (Wildman–Crippen MR) is 136 cm³/mol. The minimum atomic E-state index is -0.977. The standard InChI is InChI=1S/C29H32F2N2O4/c1-2-19-4-3-5-21(10-19)16-32-17-26(34)25(13-22-11-23(30)15-24(31)12-22)33-29(35)9-7-20-6-8-27-28(14-20)37-18-36-27/h3-6,8,10-12,14-15,25-26,32,34H,2,7,9,13,16-18H2,1H3,(H,33,35)/t25-,26+/m1/s1. The molecule has 0 radical (unpaired) electrons. The van der Waals surface area contributed by atoms with Crippen LogP contribution < -0.4 is 20.1 Å². The Bertz CT molecular complexity index is 1200. The highest BCUT2D eigenvalue weighted by Gasteiger charge is 2.23. The minimum absolute atomic E-state index is 0.0820. The average molecular weight is 511 g/mol. The Balaban J connectivity index is 1.37. The molecule has 1 aliphatic heterocycles. The number of carbonyl (C=O) groups excluding carboxylic acids is 1. The number of halogens is 2. The topological polar surface area (TPSA) is 79.8 Å². The number of hydrogen-bond donors (Lipinski definition) is 3. The first-order valence-electron chi connectivity index (χ1n) is 12.5. The maximum Gasteiger partial charge on any atom is 0.231 e. The second kappa shape index (κ2) is 12.7. The van der Waals surface area contributed by atoms with Crippen molar-refractivity contribution >= 4 is 5.91 Å². The van der Waals surface area contributed by atoms with E-state index >= 15 is 0 Å². The van der Waals surface area contributed by atoms with Gasteiger partial charge < -0.3 is 25.2 Å². The van der Waals surface area contributed by atoms with Crippen LogP contribution in [0.25, 0.3) is 0 Å². The van der Waals surface area contributed by atoms with E-state index in [2.05, 4.69) is 29.7 Å². The molecule has 1 heterocycles. The summed E-state index contributed by atoms with van der Waals surface area (Å²) in [5.74, 6) is -0.352. The van der Waals surface area contributed by atoms with Gasteiger partial charge >= 0.3 is 0 Å². The molecule has 4 rings (SSSR count). The number of nitrogens with one attached hydrogen (secondary N) is 2. The van der Waals surface area contributed by atoms with E-state index in [1.165, 1.54) is 17.7 Å². The van der Waals surface area contributed by atoms with Crippen molar-refractivity contribution in [3.8, 4) is 11.5 Å². The van der Waals surface area contributed by atoms with Gasteiger partial charge in [0.05, 0.1) is 12.1 Å². The first-order chi connectivity index (χ1) is 17.9. The molecule has 0 saturated heterocycles. The summed E-state index contributed by atoms with van der Waals surface area (Å²) in [6, 6.07) is 16.2. The van der Waals surface area contributed by atoms with Crippen LogP contribution in [-0.2, 0) is 30.6 Å². The molecule has 0 unspecified atom stereocenters. The van der Waals surface area contributed by atoms with Gasteiger partial charge in [-0.05, 0) is 65.8 Å². The lowest BCUT2D eigenvalue weighted by molar-refractivity contribution is -0.122. The Morgan fingerprint density at radius 2 is 1.70 bits per heavy atom. The summed E-state index contributed by atoms with van der Waals surface area (Å²) in [6.45, 7) is 3.01. The van der Waals surface area contributed by atoms with Crippen LogP contribution >= 0.6 is 0 Å². The van der Waals surface area contributed by atoms with E-state index in [0.29, 0.717) is 30.0 Å². The van der Waals surface area contributed by atoms with E-state index in [9.17, 15) is 18.7 Å². The molecule has 0 fully saturated rings. The molecule has 6 nitrogen and oxygen atoms in total. The van der Waals surface area contributed by atoms with Gasteiger partial charge in [0.15, 0.2) is 11.5 Å². The van der Waals surface area contributed by atoms with Crippen molar-refractivity contribution < 1.29 is 28.2 Å². The molecule has 3 aromatic carbocycles. The van der Waals surface area contributed by atoms with E-state index in [4.69, 9.17) is 9.47 Å². The molecule has 2 atom stereocenters. The van der Waals surface area contributed by atoms with Gasteiger partial charge in [-0.15, -0.1) is 0 Å². The van der Waals surface area contributed by atoms with Crippen molar-refractivity contribution in [3.63, 3.8) is 0 Å². The van der Waals surface area contributed by atoms with Gasteiger partial charge in [0.2, 0.25) is 12.7 Å². The smallest absolute Gasteiger partial charge is 0.231 e. The maximum absolute atomic E-state index is 13.8. The third-order valence-corrected chi connectivity index (χ3v) is 6.35. The first kappa shape index (κ1) is 26.6. The fourth-order valence-corrected chi connectivity index (χ4v) is 4.37. The molecule has 0 bridgehead atoms. The van der Waals surface area contributed by atoms with Gasteiger partial charge in [0, 0.05) is 25.6 Å². The fourth-order valence-electron chi connectivity index (χ4n) is 4.37. The van der Waals surface area contributed by atoms with Crippen LogP contribution in [0.15, 0.2) is 60.7 Å². The monoisotopic (exact) mass is 510 g/mol. The Kier molecular flexibility index (Phi) is 9.09. The van der Waals surface area contributed by atoms with Crippen LogP contribution in [0.3, 0.4) is 0 Å². The van der Waals surface area contributed by atoms with Gasteiger partial charge in [-0.25, -0.2) is 8.78 Å². The second-order valence-electron chi connectivity index (χ2n) is 9.22. The number of aryl methyl sites for hydroxylation is 2. The van der Waals surface area contributed by atoms with Gasteiger partial charge in [-0.3, -0.25) is 4.79 Å². The molecule has 0 spiro atoms. The number of aliphatic hydroxyl groups excluding tert-OH is 1. The SMILES string of the molecule is CCc1cccc(CNC[C@H](O)[C@@H](Cc2cc(F)cc(F)c2)NC(=O)CCc2ccc3c(c2)OCO3)c1. The van der Waals surface area contributed by atoms with Gasteiger partial charge in [0.25, 0.3) is 0 Å². The molecule has 1 aliphatic rings. The Morgan fingerprint density at radius 1 is 0.946 bits per heavy atom. The third-order valence-electron chi connectivity index (χ3n) is 6.35. The maximum atomic E-state index is 13.8. The number of hydrogen-bond acceptors (Lipinski definition) is 5. The molecule has 3 aromatic rings. The number of ether oxygens (including phenoxy) is 2. The molecule has 0 saturated carbocycles. The summed E-state index contributed by atoms with van der Waals surface area (Å²) in [6.07, 6.45) is 0.679. The van der Waals surface area contributed by atoms with Crippen molar-refractivity contribution in [2.75, 3.05) is 13.3 Å². The highest BCUT2D eigenvalue weighted by molar-refractivity contribution is 5.76. The number of rotatable bonds is 12. The largest absolute Gasteiger partial charge is 0.454 e. The summed E-state index contributed by atoms with van der Waals surface area (Å²) in [5.41, 5.74) is 3.58. The molecule has 3 N–H and O–H groups in total. The summed E-state index contributed by atoms with van der Waals surface area (Å²) in [7, 11) is 0. The van der Waals surface area contributed by atoms with Crippen molar-refractivity contribution in [1.29, 1.82) is 0 Å². The molecule has 8 heteroatoms. The Morgan fingerprint density at radius 3 is 2.49 bits per heavy atom. The highest BCUT2D eigenvalue weighted by Crippen LogP contribution is 2.32. The second-order valence-corrected chi connectivity index (χ2v) is 9.22. The fraction of sp³-hybridized carbons (Fsp3) is 0.345. The number of amides is 1. The summed E-state index contributed by atoms with van der Waals surface area (Å²) in [5, 5.41) is 17.0. The zero-order valence-corrected chi connectivity index (χ0v) is 20.8. The van der Waals surface area contributed by atoms with Gasteiger partial charge in [0.1, 0.15) is 11.6 Å². The highest BCUT2D eigenvalue weighted by atomic mass is 19.1. The minimum Gasteiger partial charge on any atom is -0.454 e. The van der Waals surface area contributed by atoms with Crippen molar-refractivity contribution in [2.24, 2.45) is 0 Å². The molecule has 0 aliphatic carbocycles. The number of carbonyl (C=O) groups is 1. The normalized spacial score (nSPS) is 13.8. The van der Waals surface area contributed by atoms with E-state index in [1.54, 1.807) is 0 Å². The van der Waals surface area contributed by atoms with Crippen LogP contribution in [0, 0.1) is 11.6 Å². The number of aliphatic hydroxyl groups is 1. The van der Waals surface area contributed by atoms with Gasteiger partial charge in [-0.1, -0.05) is 37.3 Å². The van der Waals surface area contributed by atoms with Crippen LogP contribution in [0.2, 0.25) is 0 Å². The zero-order valence-electron chi connectivity index (χ0n) is 20.8. The number of fused-ring (bicyclic) bond motifs is 1. The van der Waals surface area contributed by atoms with Crippen molar-refractivity contribution in [1.82, 2.24) is 10.6 Å². The molecule has 1 amide bonds.